The summed E-state index contributed by atoms with van der Waals surface area (Å²) in [5.74, 6) is 0.977. The highest BCUT2D eigenvalue weighted by Gasteiger charge is 2.22. The van der Waals surface area contributed by atoms with Crippen LogP contribution in [-0.4, -0.2) is 46.9 Å². The number of carbonyl (C=O) groups is 1. The summed E-state index contributed by atoms with van der Waals surface area (Å²) in [7, 11) is -2.02. The van der Waals surface area contributed by atoms with E-state index < -0.39 is 15.9 Å². The predicted molar refractivity (Wildman–Crippen MR) is 114 cm³/mol. The van der Waals surface area contributed by atoms with Gasteiger partial charge in [-0.1, -0.05) is 6.07 Å². The summed E-state index contributed by atoms with van der Waals surface area (Å²) in [6.07, 6.45) is 1.09. The van der Waals surface area contributed by atoms with Gasteiger partial charge in [-0.3, -0.25) is 9.10 Å². The standard InChI is InChI=1S/C21H28N2O5S/c1-15-6-7-18(12-16(15)2)23(29(5,25)26)13-21(24)22-17(3)14-28-20-10-8-19(27-4)9-11-20/h6-12,17H,13-14H2,1-5H3,(H,22,24). The lowest BCUT2D eigenvalue weighted by molar-refractivity contribution is -0.120. The molecule has 2 aromatic rings. The van der Waals surface area contributed by atoms with Gasteiger partial charge in [-0.15, -0.1) is 0 Å². The van der Waals surface area contributed by atoms with Crippen molar-refractivity contribution in [3.05, 3.63) is 53.6 Å². The van der Waals surface area contributed by atoms with E-state index in [1.54, 1.807) is 50.4 Å². The largest absolute Gasteiger partial charge is 0.497 e. The first-order valence-corrected chi connectivity index (χ1v) is 11.1. The lowest BCUT2D eigenvalue weighted by atomic mass is 10.1. The fourth-order valence-electron chi connectivity index (χ4n) is 2.67. The van der Waals surface area contributed by atoms with Crippen LogP contribution in [0.4, 0.5) is 5.69 Å². The number of sulfonamides is 1. The van der Waals surface area contributed by atoms with Gasteiger partial charge in [0, 0.05) is 0 Å². The van der Waals surface area contributed by atoms with Crippen LogP contribution in [0.2, 0.25) is 0 Å². The van der Waals surface area contributed by atoms with Crippen LogP contribution in [-0.2, 0) is 14.8 Å². The van der Waals surface area contributed by atoms with Gasteiger partial charge in [0.2, 0.25) is 15.9 Å². The Morgan fingerprint density at radius 3 is 2.24 bits per heavy atom. The molecule has 0 bridgehead atoms. The summed E-state index contributed by atoms with van der Waals surface area (Å²) in [4.78, 5) is 12.4. The molecule has 0 heterocycles. The molecular weight excluding hydrogens is 392 g/mol. The van der Waals surface area contributed by atoms with E-state index in [2.05, 4.69) is 5.32 Å². The van der Waals surface area contributed by atoms with Crippen molar-refractivity contribution in [2.24, 2.45) is 0 Å². The molecule has 8 heteroatoms. The second kappa shape index (κ2) is 9.65. The molecule has 0 aromatic heterocycles. The molecule has 7 nitrogen and oxygen atoms in total. The monoisotopic (exact) mass is 420 g/mol. The maximum absolute atomic E-state index is 12.4. The van der Waals surface area contributed by atoms with Crippen molar-refractivity contribution in [1.29, 1.82) is 0 Å². The molecule has 1 N–H and O–H groups in total. The van der Waals surface area contributed by atoms with Gasteiger partial charge in [-0.05, 0) is 68.3 Å². The number of anilines is 1. The molecule has 0 radical (unpaired) electrons. The van der Waals surface area contributed by atoms with E-state index in [1.165, 1.54) is 0 Å². The van der Waals surface area contributed by atoms with Crippen molar-refractivity contribution in [1.82, 2.24) is 5.32 Å². The third-order valence-electron chi connectivity index (χ3n) is 4.43. The predicted octanol–water partition coefficient (Wildman–Crippen LogP) is 2.66. The quantitative estimate of drug-likeness (QED) is 0.674. The number of benzene rings is 2. The molecule has 1 unspecified atom stereocenters. The van der Waals surface area contributed by atoms with E-state index in [4.69, 9.17) is 9.47 Å². The highest BCUT2D eigenvalue weighted by molar-refractivity contribution is 7.92. The van der Waals surface area contributed by atoms with Gasteiger partial charge in [0.15, 0.2) is 0 Å². The minimum atomic E-state index is -3.61. The van der Waals surface area contributed by atoms with Crippen LogP contribution in [0.1, 0.15) is 18.1 Å². The third kappa shape index (κ3) is 6.67. The summed E-state index contributed by atoms with van der Waals surface area (Å²) >= 11 is 0. The van der Waals surface area contributed by atoms with Crippen LogP contribution in [0.5, 0.6) is 11.5 Å². The maximum Gasteiger partial charge on any atom is 0.241 e. The Labute approximate surface area is 172 Å². The van der Waals surface area contributed by atoms with E-state index in [-0.39, 0.29) is 19.2 Å². The number of methoxy groups -OCH3 is 1. The Balaban J connectivity index is 1.97. The number of aryl methyl sites for hydroxylation is 2. The number of carbonyl (C=O) groups excluding carboxylic acids is 1. The molecule has 0 aliphatic heterocycles. The van der Waals surface area contributed by atoms with Crippen LogP contribution in [0.3, 0.4) is 0 Å². The Bertz CT molecular complexity index is 942. The maximum atomic E-state index is 12.4. The molecule has 0 saturated heterocycles. The number of ether oxygens (including phenoxy) is 2. The molecule has 0 aliphatic rings. The summed E-state index contributed by atoms with van der Waals surface area (Å²) in [5.41, 5.74) is 2.47. The van der Waals surface area contributed by atoms with Crippen LogP contribution in [0.15, 0.2) is 42.5 Å². The van der Waals surface area contributed by atoms with Crippen molar-refractivity contribution in [3.8, 4) is 11.5 Å². The summed E-state index contributed by atoms with van der Waals surface area (Å²) in [6.45, 7) is 5.59. The van der Waals surface area contributed by atoms with E-state index in [0.717, 1.165) is 27.4 Å². The summed E-state index contributed by atoms with van der Waals surface area (Å²) < 4.78 is 36.3. The van der Waals surface area contributed by atoms with Crippen molar-refractivity contribution in [2.45, 2.75) is 26.8 Å². The highest BCUT2D eigenvalue weighted by atomic mass is 32.2. The minimum Gasteiger partial charge on any atom is -0.497 e. The zero-order valence-electron chi connectivity index (χ0n) is 17.4. The third-order valence-corrected chi connectivity index (χ3v) is 5.57. The van der Waals surface area contributed by atoms with Gasteiger partial charge in [-0.2, -0.15) is 0 Å². The second-order valence-corrected chi connectivity index (χ2v) is 8.90. The smallest absolute Gasteiger partial charge is 0.241 e. The lowest BCUT2D eigenvalue weighted by Gasteiger charge is -2.24. The van der Waals surface area contributed by atoms with Crippen LogP contribution in [0.25, 0.3) is 0 Å². The van der Waals surface area contributed by atoms with Crippen LogP contribution >= 0.6 is 0 Å². The van der Waals surface area contributed by atoms with E-state index in [1.807, 2.05) is 19.9 Å². The van der Waals surface area contributed by atoms with Gasteiger partial charge in [-0.25, -0.2) is 8.42 Å². The Hall–Kier alpha value is -2.74. The molecule has 0 spiro atoms. The zero-order chi connectivity index (χ0) is 21.6. The van der Waals surface area contributed by atoms with Crippen molar-refractivity contribution >= 4 is 21.6 Å². The topological polar surface area (TPSA) is 84.9 Å². The number of amides is 1. The minimum absolute atomic E-state index is 0.251. The average Bonchev–Trinajstić information content (AvgIpc) is 2.66. The van der Waals surface area contributed by atoms with E-state index >= 15 is 0 Å². The average molecular weight is 421 g/mol. The SMILES string of the molecule is COc1ccc(OCC(C)NC(=O)CN(c2ccc(C)c(C)c2)S(C)(=O)=O)cc1. The Kier molecular flexibility index (Phi) is 7.50. The highest BCUT2D eigenvalue weighted by Crippen LogP contribution is 2.21. The van der Waals surface area contributed by atoms with Crippen LogP contribution < -0.4 is 19.1 Å². The van der Waals surface area contributed by atoms with Gasteiger partial charge in [0.25, 0.3) is 0 Å². The number of nitrogens with zero attached hydrogens (tertiary/aromatic N) is 1. The molecule has 1 atom stereocenters. The van der Waals surface area contributed by atoms with Gasteiger partial charge < -0.3 is 14.8 Å². The van der Waals surface area contributed by atoms with Gasteiger partial charge >= 0.3 is 0 Å². The van der Waals surface area contributed by atoms with E-state index in [9.17, 15) is 13.2 Å². The number of hydrogen-bond acceptors (Lipinski definition) is 5. The molecule has 0 saturated carbocycles. The fourth-order valence-corrected chi connectivity index (χ4v) is 3.51. The molecule has 29 heavy (non-hydrogen) atoms. The fraction of sp³-hybridized carbons (Fsp3) is 0.381. The van der Waals surface area contributed by atoms with Crippen molar-refractivity contribution in [2.75, 3.05) is 30.8 Å². The van der Waals surface area contributed by atoms with Crippen molar-refractivity contribution in [3.63, 3.8) is 0 Å². The molecule has 2 rings (SSSR count). The second-order valence-electron chi connectivity index (χ2n) is 6.99. The first kappa shape index (κ1) is 22.5. The Morgan fingerprint density at radius 1 is 1.07 bits per heavy atom. The van der Waals surface area contributed by atoms with Gasteiger partial charge in [0.05, 0.1) is 25.1 Å². The van der Waals surface area contributed by atoms with Crippen LogP contribution in [0, 0.1) is 13.8 Å². The first-order valence-electron chi connectivity index (χ1n) is 9.21. The summed E-state index contributed by atoms with van der Waals surface area (Å²) in [6, 6.07) is 12.1. The van der Waals surface area contributed by atoms with E-state index in [0.29, 0.717) is 11.4 Å². The zero-order valence-corrected chi connectivity index (χ0v) is 18.2. The molecular formula is C21H28N2O5S. The Morgan fingerprint density at radius 2 is 1.69 bits per heavy atom. The number of nitrogens with one attached hydrogen (secondary N) is 1. The molecule has 1 amide bonds. The lowest BCUT2D eigenvalue weighted by Crippen LogP contribution is -2.44. The molecule has 0 aliphatic carbocycles. The molecule has 0 fully saturated rings. The number of hydrogen-bond donors (Lipinski definition) is 1. The molecule has 158 valence electrons. The summed E-state index contributed by atoms with van der Waals surface area (Å²) in [5, 5.41) is 2.78. The normalized spacial score (nSPS) is 12.2. The van der Waals surface area contributed by atoms with Gasteiger partial charge in [0.1, 0.15) is 24.7 Å². The molecule has 2 aromatic carbocycles. The van der Waals surface area contributed by atoms with Crippen molar-refractivity contribution < 1.29 is 22.7 Å². The first-order chi connectivity index (χ1) is 13.6. The number of rotatable bonds is 9.